The Balaban J connectivity index is 2.02. The van der Waals surface area contributed by atoms with Crippen LogP contribution in [0.2, 0.25) is 10.0 Å². The monoisotopic (exact) mass is 357 g/mol. The molecule has 1 heterocycles. The topological polar surface area (TPSA) is 64.9 Å². The molecule has 0 saturated carbocycles. The van der Waals surface area contributed by atoms with Crippen LogP contribution in [0.5, 0.6) is 5.75 Å². The number of halogens is 2. The highest BCUT2D eigenvalue weighted by Crippen LogP contribution is 2.34. The third kappa shape index (κ3) is 4.97. The molecule has 6 nitrogen and oxygen atoms in total. The molecule has 8 heteroatoms. The lowest BCUT2D eigenvalue weighted by Crippen LogP contribution is -2.09. The zero-order valence-electron chi connectivity index (χ0n) is 13.4. The smallest absolute Gasteiger partial charge is 0.243 e. The van der Waals surface area contributed by atoms with E-state index >= 15 is 0 Å². The third-order valence-corrected chi connectivity index (χ3v) is 3.78. The normalized spacial score (nSPS) is 10.8. The highest BCUT2D eigenvalue weighted by atomic mass is 35.5. The number of tetrazole rings is 1. The Hall–Kier alpha value is -1.53. The number of nitrogens with one attached hydrogen (secondary N) is 1. The molecule has 126 valence electrons. The fourth-order valence-electron chi connectivity index (χ4n) is 2.03. The van der Waals surface area contributed by atoms with E-state index < -0.39 is 0 Å². The zero-order chi connectivity index (χ0) is 16.7. The van der Waals surface area contributed by atoms with Gasteiger partial charge in [-0.2, -0.15) is 0 Å². The Bertz CT molecular complexity index is 609. The van der Waals surface area contributed by atoms with Gasteiger partial charge in [-0.15, -0.1) is 0 Å². The van der Waals surface area contributed by atoms with Crippen LogP contribution in [0.1, 0.15) is 38.7 Å². The number of ether oxygens (including phenoxy) is 1. The van der Waals surface area contributed by atoms with Crippen LogP contribution in [-0.4, -0.2) is 26.8 Å². The highest BCUT2D eigenvalue weighted by molar-refractivity contribution is 6.37. The minimum atomic E-state index is 0.508. The number of hydrogen-bond acceptors (Lipinski definition) is 5. The van der Waals surface area contributed by atoms with E-state index in [-0.39, 0.29) is 0 Å². The van der Waals surface area contributed by atoms with Crippen molar-refractivity contribution in [3.8, 4) is 5.75 Å². The molecule has 2 aromatic rings. The van der Waals surface area contributed by atoms with Crippen molar-refractivity contribution < 1.29 is 4.74 Å². The first-order chi connectivity index (χ1) is 11.2. The summed E-state index contributed by atoms with van der Waals surface area (Å²) in [6.45, 7) is 6.06. The Labute approximate surface area is 146 Å². The summed E-state index contributed by atoms with van der Waals surface area (Å²) < 4.78 is 7.32. The molecule has 0 aliphatic heterocycles. The Morgan fingerprint density at radius 2 is 1.91 bits per heavy atom. The lowest BCUT2D eigenvalue weighted by molar-refractivity contribution is 0.318. The molecule has 1 aromatic heterocycles. The Morgan fingerprint density at radius 3 is 2.57 bits per heavy atom. The summed E-state index contributed by atoms with van der Waals surface area (Å²) in [4.78, 5) is 0. The molecule has 0 amide bonds. The lowest BCUT2D eigenvalue weighted by atomic mass is 10.2. The van der Waals surface area contributed by atoms with E-state index in [0.29, 0.717) is 34.9 Å². The maximum Gasteiger partial charge on any atom is 0.243 e. The number of hydrogen-bond donors (Lipinski definition) is 1. The van der Waals surface area contributed by atoms with Gasteiger partial charge in [0.1, 0.15) is 0 Å². The van der Waals surface area contributed by atoms with Crippen LogP contribution in [0.25, 0.3) is 0 Å². The molecule has 0 unspecified atom stereocenters. The number of unbranched alkanes of at least 4 members (excludes halogenated alkanes) is 1. The van der Waals surface area contributed by atoms with Crippen molar-refractivity contribution in [2.24, 2.45) is 0 Å². The summed E-state index contributed by atoms with van der Waals surface area (Å²) in [7, 11) is 0. The molecule has 0 aliphatic rings. The van der Waals surface area contributed by atoms with Gasteiger partial charge in [0.25, 0.3) is 0 Å². The van der Waals surface area contributed by atoms with Crippen molar-refractivity contribution in [2.45, 2.75) is 46.2 Å². The van der Waals surface area contributed by atoms with E-state index in [9.17, 15) is 0 Å². The fraction of sp³-hybridized carbons (Fsp3) is 0.533. The van der Waals surface area contributed by atoms with Gasteiger partial charge in [-0.1, -0.05) is 48.6 Å². The number of aromatic nitrogens is 4. The quantitative estimate of drug-likeness (QED) is 0.728. The van der Waals surface area contributed by atoms with E-state index in [1.165, 1.54) is 0 Å². The van der Waals surface area contributed by atoms with Gasteiger partial charge < -0.3 is 10.1 Å². The standard InChI is InChI=1S/C15H21Cl2N5O/c1-3-5-6-22-15(19-20-21-22)18-10-11-8-12(16)14(13(17)9-11)23-7-4-2/h8-9H,3-7,10H2,1-2H3,(H,18,19,21). The first kappa shape index (κ1) is 17.8. The van der Waals surface area contributed by atoms with Gasteiger partial charge >= 0.3 is 0 Å². The van der Waals surface area contributed by atoms with Gasteiger partial charge in [0, 0.05) is 13.1 Å². The number of benzene rings is 1. The molecule has 0 bridgehead atoms. The van der Waals surface area contributed by atoms with Crippen LogP contribution < -0.4 is 10.1 Å². The van der Waals surface area contributed by atoms with Crippen molar-refractivity contribution in [2.75, 3.05) is 11.9 Å². The molecule has 23 heavy (non-hydrogen) atoms. The van der Waals surface area contributed by atoms with Gasteiger partial charge in [-0.25, -0.2) is 4.68 Å². The molecule has 1 N–H and O–H groups in total. The van der Waals surface area contributed by atoms with Crippen molar-refractivity contribution >= 4 is 29.2 Å². The average Bonchev–Trinajstić information content (AvgIpc) is 2.97. The lowest BCUT2D eigenvalue weighted by Gasteiger charge is -2.12. The van der Waals surface area contributed by atoms with Crippen LogP contribution in [0, 0.1) is 0 Å². The summed E-state index contributed by atoms with van der Waals surface area (Å²) in [6, 6.07) is 3.68. The van der Waals surface area contributed by atoms with E-state index in [0.717, 1.165) is 31.4 Å². The van der Waals surface area contributed by atoms with Gasteiger partial charge in [0.15, 0.2) is 5.75 Å². The second-order valence-electron chi connectivity index (χ2n) is 5.17. The SMILES string of the molecule is CCCCn1nnnc1NCc1cc(Cl)c(OCCC)c(Cl)c1. The summed E-state index contributed by atoms with van der Waals surface area (Å²) >= 11 is 12.5. The predicted molar refractivity (Wildman–Crippen MR) is 92.3 cm³/mol. The highest BCUT2D eigenvalue weighted by Gasteiger charge is 2.11. The fourth-order valence-corrected chi connectivity index (χ4v) is 2.67. The van der Waals surface area contributed by atoms with Crippen LogP contribution in [-0.2, 0) is 13.1 Å². The number of anilines is 1. The van der Waals surface area contributed by atoms with Crippen molar-refractivity contribution in [3.63, 3.8) is 0 Å². The maximum atomic E-state index is 6.25. The molecule has 0 fully saturated rings. The second-order valence-corrected chi connectivity index (χ2v) is 5.98. The second kappa shape index (κ2) is 8.93. The summed E-state index contributed by atoms with van der Waals surface area (Å²) in [5, 5.41) is 15.9. The molecule has 0 radical (unpaired) electrons. The van der Waals surface area contributed by atoms with E-state index in [2.05, 4.69) is 27.8 Å². The largest absolute Gasteiger partial charge is 0.490 e. The first-order valence-electron chi connectivity index (χ1n) is 7.76. The number of nitrogens with zero attached hydrogens (tertiary/aromatic N) is 4. The zero-order valence-corrected chi connectivity index (χ0v) is 14.9. The van der Waals surface area contributed by atoms with E-state index in [1.54, 1.807) is 4.68 Å². The molecule has 0 saturated heterocycles. The van der Waals surface area contributed by atoms with Gasteiger partial charge in [0.05, 0.1) is 16.7 Å². The van der Waals surface area contributed by atoms with Gasteiger partial charge in [-0.05, 0) is 41.0 Å². The van der Waals surface area contributed by atoms with Crippen molar-refractivity contribution in [1.29, 1.82) is 0 Å². The van der Waals surface area contributed by atoms with Gasteiger partial charge in [-0.3, -0.25) is 0 Å². The van der Waals surface area contributed by atoms with Crippen LogP contribution in [0.3, 0.4) is 0 Å². The maximum absolute atomic E-state index is 6.25. The summed E-state index contributed by atoms with van der Waals surface area (Å²) in [5.74, 6) is 1.17. The number of rotatable bonds is 9. The molecular weight excluding hydrogens is 337 g/mol. The third-order valence-electron chi connectivity index (χ3n) is 3.21. The number of aryl methyl sites for hydroxylation is 1. The van der Waals surface area contributed by atoms with Gasteiger partial charge in [0.2, 0.25) is 5.95 Å². The predicted octanol–water partition coefficient (Wildman–Crippen LogP) is 4.18. The first-order valence-corrected chi connectivity index (χ1v) is 8.52. The molecule has 2 rings (SSSR count). The molecular formula is C15H21Cl2N5O. The van der Waals surface area contributed by atoms with E-state index in [4.69, 9.17) is 27.9 Å². The Morgan fingerprint density at radius 1 is 1.17 bits per heavy atom. The van der Waals surface area contributed by atoms with Crippen LogP contribution in [0.15, 0.2) is 12.1 Å². The average molecular weight is 358 g/mol. The van der Waals surface area contributed by atoms with Crippen molar-refractivity contribution in [1.82, 2.24) is 20.2 Å². The molecule has 0 aliphatic carbocycles. The summed E-state index contributed by atoms with van der Waals surface area (Å²) in [5.41, 5.74) is 0.939. The molecule has 0 spiro atoms. The Kier molecular flexibility index (Phi) is 6.92. The molecule has 1 aromatic carbocycles. The van der Waals surface area contributed by atoms with E-state index in [1.807, 2.05) is 19.1 Å². The summed E-state index contributed by atoms with van der Waals surface area (Å²) in [6.07, 6.45) is 3.01. The minimum Gasteiger partial charge on any atom is -0.490 e. The molecule has 0 atom stereocenters. The van der Waals surface area contributed by atoms with Crippen molar-refractivity contribution in [3.05, 3.63) is 27.7 Å². The van der Waals surface area contributed by atoms with Crippen LogP contribution >= 0.6 is 23.2 Å². The minimum absolute atomic E-state index is 0.508. The van der Waals surface area contributed by atoms with Crippen LogP contribution in [0.4, 0.5) is 5.95 Å².